The van der Waals surface area contributed by atoms with E-state index in [4.69, 9.17) is 23.8 Å². The number of thiophene rings is 1. The van der Waals surface area contributed by atoms with E-state index >= 15 is 0 Å². The van der Waals surface area contributed by atoms with Crippen molar-refractivity contribution in [3.05, 3.63) is 57.3 Å². The summed E-state index contributed by atoms with van der Waals surface area (Å²) in [6, 6.07) is 12.4. The van der Waals surface area contributed by atoms with Crippen molar-refractivity contribution in [1.29, 1.82) is 0 Å². The first kappa shape index (κ1) is 14.9. The van der Waals surface area contributed by atoms with Crippen molar-refractivity contribution < 1.29 is 9.59 Å². The fraction of sp³-hybridized carbons (Fsp3) is 0. The summed E-state index contributed by atoms with van der Waals surface area (Å²) < 4.78 is 0.589. The number of rotatable bonds is 2. The number of nitrogens with zero attached hydrogens (tertiary/aromatic N) is 1. The van der Waals surface area contributed by atoms with E-state index < -0.39 is 11.8 Å². The summed E-state index contributed by atoms with van der Waals surface area (Å²) >= 11 is 12.3. The Balaban J connectivity index is 2.01. The highest BCUT2D eigenvalue weighted by molar-refractivity contribution is 7.80. The van der Waals surface area contributed by atoms with E-state index in [0.29, 0.717) is 10.0 Å². The van der Waals surface area contributed by atoms with Crippen molar-refractivity contribution in [2.24, 2.45) is 0 Å². The zero-order valence-corrected chi connectivity index (χ0v) is 13.5. The van der Waals surface area contributed by atoms with Gasteiger partial charge in [0.05, 0.1) is 10.0 Å². The number of hydrogen-bond acceptors (Lipinski definition) is 4. The van der Waals surface area contributed by atoms with Crippen molar-refractivity contribution in [3.63, 3.8) is 0 Å². The summed E-state index contributed by atoms with van der Waals surface area (Å²) in [7, 11) is 0. The minimum atomic E-state index is -0.508. The molecule has 0 aliphatic carbocycles. The van der Waals surface area contributed by atoms with Crippen molar-refractivity contribution in [1.82, 2.24) is 5.32 Å². The third-order valence-electron chi connectivity index (χ3n) is 3.00. The molecule has 1 aromatic heterocycles. The van der Waals surface area contributed by atoms with Gasteiger partial charge in [0.15, 0.2) is 5.11 Å². The molecule has 2 aromatic rings. The molecule has 1 aromatic carbocycles. The van der Waals surface area contributed by atoms with E-state index in [1.54, 1.807) is 36.4 Å². The number of para-hydroxylation sites is 1. The van der Waals surface area contributed by atoms with E-state index in [1.165, 1.54) is 22.3 Å². The Morgan fingerprint density at radius 2 is 1.86 bits per heavy atom. The molecule has 0 atom stereocenters. The highest BCUT2D eigenvalue weighted by Crippen LogP contribution is 2.26. The van der Waals surface area contributed by atoms with Crippen molar-refractivity contribution in [3.8, 4) is 0 Å². The van der Waals surface area contributed by atoms with Gasteiger partial charge in [-0.15, -0.1) is 11.3 Å². The quantitative estimate of drug-likeness (QED) is 0.515. The Morgan fingerprint density at radius 3 is 2.50 bits per heavy atom. The van der Waals surface area contributed by atoms with Gasteiger partial charge in [0, 0.05) is 4.88 Å². The molecule has 1 aliphatic heterocycles. The number of carbonyl (C=O) groups excluding carboxylic acids is 2. The number of carbonyl (C=O) groups is 2. The van der Waals surface area contributed by atoms with E-state index in [1.807, 2.05) is 6.07 Å². The second kappa shape index (κ2) is 6.00. The highest BCUT2D eigenvalue weighted by atomic mass is 35.5. The van der Waals surface area contributed by atoms with Crippen LogP contribution >= 0.6 is 35.2 Å². The monoisotopic (exact) mass is 348 g/mol. The van der Waals surface area contributed by atoms with Gasteiger partial charge in [0.1, 0.15) is 5.57 Å². The van der Waals surface area contributed by atoms with Crippen molar-refractivity contribution >= 4 is 63.8 Å². The molecule has 110 valence electrons. The Kier molecular flexibility index (Phi) is 4.06. The van der Waals surface area contributed by atoms with Crippen LogP contribution in [-0.4, -0.2) is 16.9 Å². The summed E-state index contributed by atoms with van der Waals surface area (Å²) in [5.41, 5.74) is 0.628. The average molecular weight is 349 g/mol. The fourth-order valence-electron chi connectivity index (χ4n) is 2.02. The van der Waals surface area contributed by atoms with Crippen LogP contribution in [0, 0.1) is 0 Å². The van der Waals surface area contributed by atoms with Gasteiger partial charge >= 0.3 is 0 Å². The Labute approximate surface area is 141 Å². The third kappa shape index (κ3) is 2.81. The second-order valence-electron chi connectivity index (χ2n) is 4.44. The fourth-order valence-corrected chi connectivity index (χ4v) is 3.30. The number of thiocarbonyl (C=S) groups is 1. The van der Waals surface area contributed by atoms with Crippen molar-refractivity contribution in [2.45, 2.75) is 0 Å². The van der Waals surface area contributed by atoms with Gasteiger partial charge in [-0.2, -0.15) is 0 Å². The van der Waals surface area contributed by atoms with Crippen LogP contribution in [0.25, 0.3) is 6.08 Å². The molecule has 0 saturated carbocycles. The lowest BCUT2D eigenvalue weighted by atomic mass is 10.1. The standard InChI is InChI=1S/C15H9ClN2O2S2/c16-12-7-6-10(22-12)8-11-13(19)17-15(21)18(14(11)20)9-4-2-1-3-5-9/h1-8H,(H,17,19,21)/b11-8+. The van der Waals surface area contributed by atoms with Gasteiger partial charge in [-0.25, -0.2) is 0 Å². The maximum absolute atomic E-state index is 12.6. The first-order valence-electron chi connectivity index (χ1n) is 6.28. The molecule has 1 N–H and O–H groups in total. The average Bonchev–Trinajstić information content (AvgIpc) is 2.90. The first-order valence-corrected chi connectivity index (χ1v) is 7.88. The van der Waals surface area contributed by atoms with Crippen LogP contribution in [0.2, 0.25) is 4.34 Å². The maximum Gasteiger partial charge on any atom is 0.270 e. The topological polar surface area (TPSA) is 49.4 Å². The number of hydrogen-bond donors (Lipinski definition) is 1. The smallest absolute Gasteiger partial charge is 0.270 e. The minimum absolute atomic E-state index is 0.0240. The molecule has 22 heavy (non-hydrogen) atoms. The summed E-state index contributed by atoms with van der Waals surface area (Å²) in [6.07, 6.45) is 1.52. The molecule has 3 rings (SSSR count). The van der Waals surface area contributed by atoms with Crippen LogP contribution in [0.15, 0.2) is 48.0 Å². The predicted octanol–water partition coefficient (Wildman–Crippen LogP) is 3.23. The Morgan fingerprint density at radius 1 is 1.14 bits per heavy atom. The van der Waals surface area contributed by atoms with Gasteiger partial charge in [0.2, 0.25) is 0 Å². The molecule has 0 bridgehead atoms. The Bertz CT molecular complexity index is 799. The molecule has 2 heterocycles. The molecule has 1 fully saturated rings. The number of anilines is 1. The SMILES string of the molecule is O=C1NC(=S)N(c2ccccc2)C(=O)/C1=C/c1ccc(Cl)s1. The second-order valence-corrected chi connectivity index (χ2v) is 6.57. The lowest BCUT2D eigenvalue weighted by Crippen LogP contribution is -2.54. The Hall–Kier alpha value is -2.02. The molecule has 0 unspecified atom stereocenters. The van der Waals surface area contributed by atoms with Gasteiger partial charge in [-0.1, -0.05) is 29.8 Å². The molecule has 4 nitrogen and oxygen atoms in total. The van der Waals surface area contributed by atoms with Gasteiger partial charge in [-0.05, 0) is 42.6 Å². The number of halogens is 1. The zero-order chi connectivity index (χ0) is 15.7. The normalized spacial score (nSPS) is 17.0. The zero-order valence-electron chi connectivity index (χ0n) is 11.1. The lowest BCUT2D eigenvalue weighted by molar-refractivity contribution is -0.122. The molecule has 1 saturated heterocycles. The summed E-state index contributed by atoms with van der Waals surface area (Å²) in [5, 5.41) is 2.61. The van der Waals surface area contributed by atoms with E-state index in [2.05, 4.69) is 5.32 Å². The maximum atomic E-state index is 12.6. The van der Waals surface area contributed by atoms with E-state index in [-0.39, 0.29) is 10.7 Å². The summed E-state index contributed by atoms with van der Waals surface area (Å²) in [4.78, 5) is 26.7. The van der Waals surface area contributed by atoms with E-state index in [9.17, 15) is 9.59 Å². The van der Waals surface area contributed by atoms with Crippen molar-refractivity contribution in [2.75, 3.05) is 4.90 Å². The highest BCUT2D eigenvalue weighted by Gasteiger charge is 2.34. The van der Waals surface area contributed by atoms with Crippen LogP contribution < -0.4 is 10.2 Å². The predicted molar refractivity (Wildman–Crippen MR) is 92.0 cm³/mol. The number of nitrogens with one attached hydrogen (secondary N) is 1. The summed E-state index contributed by atoms with van der Waals surface area (Å²) in [5.74, 6) is -0.962. The van der Waals surface area contributed by atoms with Gasteiger partial charge in [-0.3, -0.25) is 19.8 Å². The molecular formula is C15H9ClN2O2S2. The molecule has 0 radical (unpaired) electrons. The van der Waals surface area contributed by atoms with Gasteiger partial charge < -0.3 is 0 Å². The van der Waals surface area contributed by atoms with Crippen LogP contribution in [0.5, 0.6) is 0 Å². The molecule has 1 aliphatic rings. The minimum Gasteiger partial charge on any atom is -0.298 e. The van der Waals surface area contributed by atoms with E-state index in [0.717, 1.165) is 4.88 Å². The van der Waals surface area contributed by atoms with Crippen LogP contribution in [0.4, 0.5) is 5.69 Å². The lowest BCUT2D eigenvalue weighted by Gasteiger charge is -2.28. The molecule has 7 heteroatoms. The van der Waals surface area contributed by atoms with Gasteiger partial charge in [0.25, 0.3) is 11.8 Å². The number of benzene rings is 1. The first-order chi connectivity index (χ1) is 10.6. The summed E-state index contributed by atoms with van der Waals surface area (Å²) in [6.45, 7) is 0. The van der Waals surface area contributed by atoms with Crippen LogP contribution in [-0.2, 0) is 9.59 Å². The van der Waals surface area contributed by atoms with Crippen LogP contribution in [0.1, 0.15) is 4.88 Å². The molecular weight excluding hydrogens is 340 g/mol. The number of amides is 2. The van der Waals surface area contributed by atoms with Crippen LogP contribution in [0.3, 0.4) is 0 Å². The largest absolute Gasteiger partial charge is 0.298 e. The molecule has 0 spiro atoms. The third-order valence-corrected chi connectivity index (χ3v) is 4.46. The molecule has 2 amide bonds.